The van der Waals surface area contributed by atoms with Crippen LogP contribution in [0.4, 0.5) is 0 Å². The summed E-state index contributed by atoms with van der Waals surface area (Å²) in [4.78, 5) is 24.2. The average molecular weight is 403 g/mol. The number of hydrogen-bond donors (Lipinski definition) is 1. The molecule has 0 fully saturated rings. The Balaban J connectivity index is 1.23. The summed E-state index contributed by atoms with van der Waals surface area (Å²) in [6, 6.07) is 24.3. The number of rotatable bonds is 6. The number of ether oxygens (including phenoxy) is 3. The quantitative estimate of drug-likeness (QED) is 0.638. The van der Waals surface area contributed by atoms with Gasteiger partial charge in [-0.3, -0.25) is 4.79 Å². The summed E-state index contributed by atoms with van der Waals surface area (Å²) in [7, 11) is 0. The molecule has 4 rings (SSSR count). The fourth-order valence-corrected chi connectivity index (χ4v) is 3.09. The van der Waals surface area contributed by atoms with Crippen molar-refractivity contribution in [3.63, 3.8) is 0 Å². The highest BCUT2D eigenvalue weighted by Crippen LogP contribution is 2.30. The van der Waals surface area contributed by atoms with Crippen molar-refractivity contribution < 1.29 is 23.8 Å². The Morgan fingerprint density at radius 3 is 2.30 bits per heavy atom. The van der Waals surface area contributed by atoms with Crippen LogP contribution < -0.4 is 14.8 Å². The molecule has 0 saturated heterocycles. The van der Waals surface area contributed by atoms with Gasteiger partial charge in [-0.2, -0.15) is 0 Å². The minimum atomic E-state index is -0.545. The Hall–Kier alpha value is -3.80. The van der Waals surface area contributed by atoms with Crippen molar-refractivity contribution in [1.29, 1.82) is 0 Å². The number of para-hydroxylation sites is 2. The zero-order valence-electron chi connectivity index (χ0n) is 16.2. The molecular formula is C24H21NO5. The van der Waals surface area contributed by atoms with Crippen LogP contribution in [0.25, 0.3) is 11.1 Å². The third kappa shape index (κ3) is 4.78. The molecule has 30 heavy (non-hydrogen) atoms. The highest BCUT2D eigenvalue weighted by Gasteiger charge is 2.21. The Morgan fingerprint density at radius 1 is 0.867 bits per heavy atom. The van der Waals surface area contributed by atoms with E-state index in [0.29, 0.717) is 23.7 Å². The van der Waals surface area contributed by atoms with Crippen LogP contribution in [-0.4, -0.2) is 37.7 Å². The van der Waals surface area contributed by atoms with Crippen LogP contribution in [-0.2, 0) is 9.53 Å². The van der Waals surface area contributed by atoms with Gasteiger partial charge < -0.3 is 19.5 Å². The molecule has 0 unspecified atom stereocenters. The molecule has 1 aliphatic heterocycles. The van der Waals surface area contributed by atoms with Crippen LogP contribution >= 0.6 is 0 Å². The molecule has 0 aliphatic carbocycles. The molecule has 0 radical (unpaired) electrons. The van der Waals surface area contributed by atoms with E-state index in [1.165, 1.54) is 0 Å². The second-order valence-electron chi connectivity index (χ2n) is 6.82. The van der Waals surface area contributed by atoms with E-state index >= 15 is 0 Å². The van der Waals surface area contributed by atoms with E-state index in [1.54, 1.807) is 12.1 Å². The van der Waals surface area contributed by atoms with E-state index in [2.05, 4.69) is 5.32 Å². The van der Waals surface area contributed by atoms with Gasteiger partial charge in [-0.05, 0) is 35.4 Å². The SMILES string of the molecule is O=C(COC(=O)c1ccc(-c2ccccc2)cc1)NC[C@H]1COc2ccccc2O1. The monoisotopic (exact) mass is 403 g/mol. The lowest BCUT2D eigenvalue weighted by atomic mass is 10.0. The summed E-state index contributed by atoms with van der Waals surface area (Å²) in [6.07, 6.45) is -0.301. The molecule has 1 amide bonds. The van der Waals surface area contributed by atoms with Crippen molar-refractivity contribution in [2.24, 2.45) is 0 Å². The zero-order chi connectivity index (χ0) is 20.8. The van der Waals surface area contributed by atoms with Gasteiger partial charge in [0.1, 0.15) is 12.7 Å². The smallest absolute Gasteiger partial charge is 0.338 e. The molecule has 1 heterocycles. The van der Waals surface area contributed by atoms with Gasteiger partial charge in [0.2, 0.25) is 0 Å². The fraction of sp³-hybridized carbons (Fsp3) is 0.167. The molecule has 6 heteroatoms. The number of benzene rings is 3. The number of hydrogen-bond acceptors (Lipinski definition) is 5. The molecule has 1 N–H and O–H groups in total. The molecular weight excluding hydrogens is 382 g/mol. The van der Waals surface area contributed by atoms with Gasteiger partial charge in [-0.25, -0.2) is 4.79 Å². The number of carbonyl (C=O) groups excluding carboxylic acids is 2. The van der Waals surface area contributed by atoms with Crippen molar-refractivity contribution in [2.45, 2.75) is 6.10 Å². The van der Waals surface area contributed by atoms with Gasteiger partial charge in [0.15, 0.2) is 18.1 Å². The number of nitrogens with one attached hydrogen (secondary N) is 1. The number of fused-ring (bicyclic) bond motifs is 1. The molecule has 3 aromatic rings. The summed E-state index contributed by atoms with van der Waals surface area (Å²) in [5.74, 6) is 0.392. The lowest BCUT2D eigenvalue weighted by Gasteiger charge is -2.26. The van der Waals surface area contributed by atoms with E-state index in [-0.39, 0.29) is 19.3 Å². The predicted molar refractivity (Wildman–Crippen MR) is 112 cm³/mol. The maximum Gasteiger partial charge on any atom is 0.338 e. The Labute approximate surface area is 174 Å². The summed E-state index contributed by atoms with van der Waals surface area (Å²) >= 11 is 0. The first-order chi connectivity index (χ1) is 14.7. The molecule has 0 saturated carbocycles. The van der Waals surface area contributed by atoms with E-state index in [0.717, 1.165) is 11.1 Å². The average Bonchev–Trinajstić information content (AvgIpc) is 2.81. The highest BCUT2D eigenvalue weighted by molar-refractivity contribution is 5.91. The normalized spacial score (nSPS) is 14.6. The third-order valence-electron chi connectivity index (χ3n) is 4.66. The van der Waals surface area contributed by atoms with E-state index < -0.39 is 11.9 Å². The largest absolute Gasteiger partial charge is 0.486 e. The molecule has 0 aromatic heterocycles. The van der Waals surface area contributed by atoms with Gasteiger partial charge in [0.25, 0.3) is 5.91 Å². The second-order valence-corrected chi connectivity index (χ2v) is 6.82. The van der Waals surface area contributed by atoms with Crippen LogP contribution in [0.5, 0.6) is 11.5 Å². The first-order valence-corrected chi connectivity index (χ1v) is 9.67. The number of esters is 1. The van der Waals surface area contributed by atoms with Crippen LogP contribution in [0, 0.1) is 0 Å². The topological polar surface area (TPSA) is 73.9 Å². The molecule has 1 aliphatic rings. The van der Waals surface area contributed by atoms with E-state index in [9.17, 15) is 9.59 Å². The lowest BCUT2D eigenvalue weighted by molar-refractivity contribution is -0.124. The van der Waals surface area contributed by atoms with Gasteiger partial charge in [0.05, 0.1) is 12.1 Å². The highest BCUT2D eigenvalue weighted by atomic mass is 16.6. The van der Waals surface area contributed by atoms with Crippen molar-refractivity contribution >= 4 is 11.9 Å². The number of carbonyl (C=O) groups is 2. The molecule has 1 atom stereocenters. The van der Waals surface area contributed by atoms with Crippen molar-refractivity contribution in [2.75, 3.05) is 19.8 Å². The van der Waals surface area contributed by atoms with E-state index in [4.69, 9.17) is 14.2 Å². The van der Waals surface area contributed by atoms with Gasteiger partial charge in [-0.1, -0.05) is 54.6 Å². The first-order valence-electron chi connectivity index (χ1n) is 9.67. The summed E-state index contributed by atoms with van der Waals surface area (Å²) in [5.41, 5.74) is 2.46. The standard InChI is InChI=1S/C24H21NO5/c26-23(25-14-20-15-28-21-8-4-5-9-22(21)30-20)16-29-24(27)19-12-10-18(11-13-19)17-6-2-1-3-7-17/h1-13,20H,14-16H2,(H,25,26)/t20-/m0/s1. The molecule has 0 spiro atoms. The minimum absolute atomic E-state index is 0.260. The second kappa shape index (κ2) is 9.13. The lowest BCUT2D eigenvalue weighted by Crippen LogP contribution is -2.42. The maximum atomic E-state index is 12.2. The molecule has 3 aromatic carbocycles. The van der Waals surface area contributed by atoms with Gasteiger partial charge >= 0.3 is 5.97 Å². The maximum absolute atomic E-state index is 12.2. The van der Waals surface area contributed by atoms with Gasteiger partial charge in [0, 0.05) is 0 Å². The van der Waals surface area contributed by atoms with Crippen molar-refractivity contribution in [3.05, 3.63) is 84.4 Å². The predicted octanol–water partition coefficient (Wildman–Crippen LogP) is 3.47. The van der Waals surface area contributed by atoms with Crippen LogP contribution in [0.15, 0.2) is 78.9 Å². The molecule has 0 bridgehead atoms. The summed E-state index contributed by atoms with van der Waals surface area (Å²) in [5, 5.41) is 2.70. The van der Waals surface area contributed by atoms with E-state index in [1.807, 2.05) is 66.7 Å². The number of amides is 1. The Bertz CT molecular complexity index is 1020. The Kier molecular flexibility index (Phi) is 5.94. The third-order valence-corrected chi connectivity index (χ3v) is 4.66. The summed E-state index contributed by atoms with van der Waals surface area (Å²) < 4.78 is 16.5. The minimum Gasteiger partial charge on any atom is -0.486 e. The van der Waals surface area contributed by atoms with Crippen LogP contribution in [0.1, 0.15) is 10.4 Å². The van der Waals surface area contributed by atoms with Crippen LogP contribution in [0.3, 0.4) is 0 Å². The zero-order valence-corrected chi connectivity index (χ0v) is 16.2. The van der Waals surface area contributed by atoms with Crippen LogP contribution in [0.2, 0.25) is 0 Å². The summed E-state index contributed by atoms with van der Waals surface area (Å²) in [6.45, 7) is 0.241. The fourth-order valence-electron chi connectivity index (χ4n) is 3.09. The Morgan fingerprint density at radius 2 is 1.53 bits per heavy atom. The molecule has 152 valence electrons. The molecule has 6 nitrogen and oxygen atoms in total. The van der Waals surface area contributed by atoms with Crippen molar-refractivity contribution in [3.8, 4) is 22.6 Å². The van der Waals surface area contributed by atoms with Crippen molar-refractivity contribution in [1.82, 2.24) is 5.32 Å². The van der Waals surface area contributed by atoms with Gasteiger partial charge in [-0.15, -0.1) is 0 Å². The first kappa shape index (κ1) is 19.5.